The van der Waals surface area contributed by atoms with E-state index in [-0.39, 0.29) is 19.1 Å². The predicted octanol–water partition coefficient (Wildman–Crippen LogP) is 3.35. The quantitative estimate of drug-likeness (QED) is 0.605. The normalized spacial score (nSPS) is 29.3. The smallest absolute Gasteiger partial charge is 0.325 e. The standard InChI is InChI=1S/C25H29FN2O5/c1-18-22(32-15-20-10-6-3-7-11-20)25(16-26,17-31-14-19-8-4-2-5-9-19)33-23(18)28-13-12-21(29)27-24(28)30/h2-13,18,21-23,29H,14-17H2,1H3,(H,27,30)/t18-,21?,22-,23+,25+/m0/s1. The molecule has 8 heteroatoms. The minimum absolute atomic E-state index is 0.0412. The van der Waals surface area contributed by atoms with Crippen molar-refractivity contribution in [3.63, 3.8) is 0 Å². The van der Waals surface area contributed by atoms with Crippen molar-refractivity contribution in [3.8, 4) is 0 Å². The number of ether oxygens (including phenoxy) is 3. The van der Waals surface area contributed by atoms with Crippen LogP contribution in [-0.2, 0) is 27.4 Å². The highest BCUT2D eigenvalue weighted by atomic mass is 19.1. The van der Waals surface area contributed by atoms with Gasteiger partial charge >= 0.3 is 6.03 Å². The fourth-order valence-corrected chi connectivity index (χ4v) is 4.29. The number of alkyl halides is 1. The summed E-state index contributed by atoms with van der Waals surface area (Å²) in [5, 5.41) is 12.1. The molecule has 4 rings (SSSR count). The molecule has 0 saturated carbocycles. The highest BCUT2D eigenvalue weighted by Crippen LogP contribution is 2.41. The van der Waals surface area contributed by atoms with Gasteiger partial charge in [0.05, 0.1) is 25.9 Å². The average Bonchev–Trinajstić information content (AvgIpc) is 3.10. The van der Waals surface area contributed by atoms with E-state index in [1.54, 1.807) is 0 Å². The highest BCUT2D eigenvalue weighted by molar-refractivity contribution is 5.77. The van der Waals surface area contributed by atoms with Gasteiger partial charge in [0.15, 0.2) is 0 Å². The Labute approximate surface area is 192 Å². The van der Waals surface area contributed by atoms with Crippen LogP contribution in [0, 0.1) is 5.92 Å². The van der Waals surface area contributed by atoms with Crippen LogP contribution in [0.25, 0.3) is 0 Å². The molecule has 0 spiro atoms. The molecule has 2 heterocycles. The molecule has 2 amide bonds. The number of hydrogen-bond donors (Lipinski definition) is 2. The third-order valence-electron chi connectivity index (χ3n) is 5.97. The number of aliphatic hydroxyl groups is 1. The Morgan fingerprint density at radius 3 is 2.33 bits per heavy atom. The summed E-state index contributed by atoms with van der Waals surface area (Å²) in [6, 6.07) is 18.7. The van der Waals surface area contributed by atoms with Crippen LogP contribution >= 0.6 is 0 Å². The lowest BCUT2D eigenvalue weighted by Crippen LogP contribution is -2.51. The summed E-state index contributed by atoms with van der Waals surface area (Å²) in [4.78, 5) is 13.8. The average molecular weight is 457 g/mol. The molecule has 0 radical (unpaired) electrons. The Morgan fingerprint density at radius 1 is 1.09 bits per heavy atom. The zero-order chi connectivity index (χ0) is 23.3. The van der Waals surface area contributed by atoms with E-state index in [0.717, 1.165) is 11.1 Å². The van der Waals surface area contributed by atoms with Gasteiger partial charge in [-0.05, 0) is 17.2 Å². The molecule has 0 bridgehead atoms. The van der Waals surface area contributed by atoms with Gasteiger partial charge in [0.25, 0.3) is 0 Å². The molecule has 0 aliphatic carbocycles. The number of benzene rings is 2. The molecular formula is C25H29FN2O5. The van der Waals surface area contributed by atoms with Crippen LogP contribution in [0.3, 0.4) is 0 Å². The molecule has 176 valence electrons. The molecule has 1 fully saturated rings. The Bertz CT molecular complexity index is 944. The van der Waals surface area contributed by atoms with Gasteiger partial charge in [-0.2, -0.15) is 0 Å². The third-order valence-corrected chi connectivity index (χ3v) is 5.97. The number of carbonyl (C=O) groups is 1. The van der Waals surface area contributed by atoms with Crippen molar-refractivity contribution in [2.45, 2.75) is 44.3 Å². The summed E-state index contributed by atoms with van der Waals surface area (Å²) >= 11 is 0. The van der Waals surface area contributed by atoms with Crippen molar-refractivity contribution in [3.05, 3.63) is 84.1 Å². The monoisotopic (exact) mass is 456 g/mol. The first kappa shape index (κ1) is 23.4. The second kappa shape index (κ2) is 10.4. The molecule has 2 N–H and O–H groups in total. The van der Waals surface area contributed by atoms with Crippen molar-refractivity contribution in [1.29, 1.82) is 0 Å². The van der Waals surface area contributed by atoms with E-state index >= 15 is 0 Å². The minimum Gasteiger partial charge on any atom is -0.374 e. The second-order valence-corrected chi connectivity index (χ2v) is 8.40. The molecular weight excluding hydrogens is 427 g/mol. The number of nitrogens with zero attached hydrogens (tertiary/aromatic N) is 1. The van der Waals surface area contributed by atoms with Crippen molar-refractivity contribution < 1.29 is 28.5 Å². The molecule has 2 aromatic rings. The van der Waals surface area contributed by atoms with Crippen molar-refractivity contribution in [2.75, 3.05) is 13.3 Å². The first-order valence-electron chi connectivity index (χ1n) is 11.0. The zero-order valence-electron chi connectivity index (χ0n) is 18.5. The highest BCUT2D eigenvalue weighted by Gasteiger charge is 2.57. The fraction of sp³-hybridized carbons (Fsp3) is 0.400. The van der Waals surface area contributed by atoms with Crippen LogP contribution in [0.5, 0.6) is 0 Å². The fourth-order valence-electron chi connectivity index (χ4n) is 4.29. The summed E-state index contributed by atoms with van der Waals surface area (Å²) in [6.07, 6.45) is 0.356. The van der Waals surface area contributed by atoms with Gasteiger partial charge in [0.1, 0.15) is 24.7 Å². The van der Waals surface area contributed by atoms with E-state index in [1.807, 2.05) is 67.6 Å². The number of halogens is 1. The van der Waals surface area contributed by atoms with Crippen molar-refractivity contribution >= 4 is 6.03 Å². The zero-order valence-corrected chi connectivity index (χ0v) is 18.5. The maximum absolute atomic E-state index is 14.7. The van der Waals surface area contributed by atoms with Crippen LogP contribution < -0.4 is 5.32 Å². The van der Waals surface area contributed by atoms with Crippen molar-refractivity contribution in [1.82, 2.24) is 10.2 Å². The molecule has 33 heavy (non-hydrogen) atoms. The molecule has 0 aromatic heterocycles. The van der Waals surface area contributed by atoms with Gasteiger partial charge < -0.3 is 24.6 Å². The van der Waals surface area contributed by atoms with E-state index in [9.17, 15) is 14.3 Å². The topological polar surface area (TPSA) is 80.3 Å². The van der Waals surface area contributed by atoms with Gasteiger partial charge in [-0.1, -0.05) is 67.6 Å². The first-order chi connectivity index (χ1) is 16.0. The van der Waals surface area contributed by atoms with Gasteiger partial charge in [0.2, 0.25) is 0 Å². The lowest BCUT2D eigenvalue weighted by atomic mass is 9.91. The van der Waals surface area contributed by atoms with Crippen molar-refractivity contribution in [2.24, 2.45) is 5.92 Å². The van der Waals surface area contributed by atoms with Crippen LogP contribution in [0.1, 0.15) is 18.1 Å². The summed E-state index contributed by atoms with van der Waals surface area (Å²) < 4.78 is 33.0. The lowest BCUT2D eigenvalue weighted by molar-refractivity contribution is -0.166. The largest absolute Gasteiger partial charge is 0.374 e. The summed E-state index contributed by atoms with van der Waals surface area (Å²) in [5.74, 6) is -0.365. The Kier molecular flexibility index (Phi) is 7.39. The Morgan fingerprint density at radius 2 is 1.73 bits per heavy atom. The van der Waals surface area contributed by atoms with E-state index in [2.05, 4.69) is 5.32 Å². The van der Waals surface area contributed by atoms with E-state index < -0.39 is 36.9 Å². The van der Waals surface area contributed by atoms with E-state index in [4.69, 9.17) is 14.2 Å². The predicted molar refractivity (Wildman–Crippen MR) is 119 cm³/mol. The SMILES string of the molecule is C[C@@H]1[C@H](N2C=CC(O)NC2=O)O[C@](CF)(COCc2ccccc2)[C@H]1OCc1ccccc1. The summed E-state index contributed by atoms with van der Waals surface area (Å²) in [6.45, 7) is 1.55. The van der Waals surface area contributed by atoms with E-state index in [1.165, 1.54) is 17.2 Å². The molecule has 1 unspecified atom stereocenters. The third kappa shape index (κ3) is 5.25. The number of urea groups is 1. The van der Waals surface area contributed by atoms with Gasteiger partial charge in [-0.3, -0.25) is 4.90 Å². The molecule has 7 nitrogen and oxygen atoms in total. The number of rotatable bonds is 9. The number of hydrogen-bond acceptors (Lipinski definition) is 5. The van der Waals surface area contributed by atoms with Gasteiger partial charge in [0, 0.05) is 12.1 Å². The number of carbonyl (C=O) groups excluding carboxylic acids is 1. The van der Waals surface area contributed by atoms with Crippen LogP contribution in [0.15, 0.2) is 72.9 Å². The van der Waals surface area contributed by atoms with Crippen LogP contribution in [-0.4, -0.2) is 53.5 Å². The minimum atomic E-state index is -1.39. The molecule has 2 aromatic carbocycles. The number of aliphatic hydroxyl groups excluding tert-OH is 1. The molecule has 1 saturated heterocycles. The van der Waals surface area contributed by atoms with Crippen LogP contribution in [0.4, 0.5) is 9.18 Å². The summed E-state index contributed by atoms with van der Waals surface area (Å²) in [5.41, 5.74) is 0.519. The first-order valence-corrected chi connectivity index (χ1v) is 11.0. The molecule has 5 atom stereocenters. The Hall–Kier alpha value is -2.78. The molecule has 2 aliphatic heterocycles. The van der Waals surface area contributed by atoms with Gasteiger partial charge in [-0.25, -0.2) is 9.18 Å². The molecule has 2 aliphatic rings. The second-order valence-electron chi connectivity index (χ2n) is 8.40. The number of nitrogens with one attached hydrogen (secondary N) is 1. The maximum Gasteiger partial charge on any atom is 0.325 e. The van der Waals surface area contributed by atoms with Gasteiger partial charge in [-0.15, -0.1) is 0 Å². The van der Waals surface area contributed by atoms with E-state index in [0.29, 0.717) is 6.61 Å². The maximum atomic E-state index is 14.7. The number of amides is 2. The Balaban J connectivity index is 1.54. The van der Waals surface area contributed by atoms with Crippen LogP contribution in [0.2, 0.25) is 0 Å². The summed E-state index contributed by atoms with van der Waals surface area (Å²) in [7, 11) is 0. The lowest BCUT2D eigenvalue weighted by Gasteiger charge is -2.33.